The van der Waals surface area contributed by atoms with Crippen molar-refractivity contribution in [2.75, 3.05) is 23.9 Å². The third-order valence-corrected chi connectivity index (χ3v) is 5.37. The van der Waals surface area contributed by atoms with Crippen molar-refractivity contribution >= 4 is 52.2 Å². The highest BCUT2D eigenvalue weighted by Crippen LogP contribution is 2.22. The molecule has 1 N–H and O–H groups in total. The first-order chi connectivity index (χ1) is 11.4. The van der Waals surface area contributed by atoms with E-state index in [4.69, 9.17) is 11.6 Å². The van der Waals surface area contributed by atoms with Crippen LogP contribution < -0.4 is 5.32 Å². The minimum Gasteiger partial charge on any atom is -0.340 e. The van der Waals surface area contributed by atoms with Gasteiger partial charge in [-0.2, -0.15) is 0 Å². The Kier molecular flexibility index (Phi) is 7.15. The summed E-state index contributed by atoms with van der Waals surface area (Å²) >= 11 is 8.66. The molecule has 0 saturated heterocycles. The molecule has 24 heavy (non-hydrogen) atoms. The van der Waals surface area contributed by atoms with Crippen LogP contribution in [-0.2, 0) is 16.1 Å². The predicted octanol–water partition coefficient (Wildman–Crippen LogP) is 4.04. The van der Waals surface area contributed by atoms with Gasteiger partial charge >= 0.3 is 0 Å². The summed E-state index contributed by atoms with van der Waals surface area (Å²) < 4.78 is 0.716. The van der Waals surface area contributed by atoms with Gasteiger partial charge < -0.3 is 10.2 Å². The molecule has 0 aliphatic carbocycles. The number of aryl methyl sites for hydroxylation is 1. The number of halogens is 1. The number of benzene rings is 1. The molecule has 1 heterocycles. The monoisotopic (exact) mass is 382 g/mol. The summed E-state index contributed by atoms with van der Waals surface area (Å²) in [5.41, 5.74) is 1.91. The highest BCUT2D eigenvalue weighted by Gasteiger charge is 2.12. The number of nitrogens with one attached hydrogen (secondary N) is 1. The van der Waals surface area contributed by atoms with E-state index in [9.17, 15) is 9.59 Å². The van der Waals surface area contributed by atoms with Crippen LogP contribution in [0.5, 0.6) is 0 Å². The third kappa shape index (κ3) is 6.19. The first kappa shape index (κ1) is 18.8. The van der Waals surface area contributed by atoms with Crippen molar-refractivity contribution in [3.05, 3.63) is 51.2 Å². The van der Waals surface area contributed by atoms with Crippen LogP contribution in [0.4, 0.5) is 5.69 Å². The minimum absolute atomic E-state index is 0.00680. The Morgan fingerprint density at radius 2 is 1.88 bits per heavy atom. The average Bonchev–Trinajstić information content (AvgIpc) is 2.94. The van der Waals surface area contributed by atoms with E-state index < -0.39 is 0 Å². The molecular weight excluding hydrogens is 364 g/mol. The molecule has 128 valence electrons. The van der Waals surface area contributed by atoms with E-state index in [2.05, 4.69) is 5.32 Å². The van der Waals surface area contributed by atoms with Crippen LogP contribution >= 0.6 is 34.7 Å². The summed E-state index contributed by atoms with van der Waals surface area (Å²) in [6, 6.07) is 11.4. The maximum Gasteiger partial charge on any atom is 0.234 e. The highest BCUT2D eigenvalue weighted by atomic mass is 35.5. The molecule has 7 heteroatoms. The standard InChI is InChI=1S/C17H19ClN2O2S2/c1-12-3-5-13(6-4-12)19-16(21)10-23-11-17(22)20(2)9-14-7-8-15(18)24-14/h3-8H,9-11H2,1-2H3,(H,19,21). The van der Waals surface area contributed by atoms with Crippen LogP contribution in [0.1, 0.15) is 10.4 Å². The van der Waals surface area contributed by atoms with Crippen LogP contribution in [0, 0.1) is 6.92 Å². The van der Waals surface area contributed by atoms with Crippen molar-refractivity contribution < 1.29 is 9.59 Å². The van der Waals surface area contributed by atoms with Crippen molar-refractivity contribution in [3.63, 3.8) is 0 Å². The second-order valence-corrected chi connectivity index (χ2v) is 8.15. The van der Waals surface area contributed by atoms with Gasteiger partial charge in [0.2, 0.25) is 11.8 Å². The first-order valence-electron chi connectivity index (χ1n) is 7.36. The Morgan fingerprint density at radius 1 is 1.17 bits per heavy atom. The third-order valence-electron chi connectivity index (χ3n) is 3.24. The van der Waals surface area contributed by atoms with Gasteiger partial charge in [0.05, 0.1) is 22.4 Å². The molecule has 0 atom stereocenters. The first-order valence-corrected chi connectivity index (χ1v) is 9.71. The van der Waals surface area contributed by atoms with E-state index in [0.717, 1.165) is 16.1 Å². The SMILES string of the molecule is Cc1ccc(NC(=O)CSCC(=O)N(C)Cc2ccc(Cl)s2)cc1. The van der Waals surface area contributed by atoms with Gasteiger partial charge in [0, 0.05) is 17.6 Å². The summed E-state index contributed by atoms with van der Waals surface area (Å²) in [7, 11) is 1.75. The number of hydrogen-bond donors (Lipinski definition) is 1. The van der Waals surface area contributed by atoms with E-state index in [0.29, 0.717) is 10.9 Å². The van der Waals surface area contributed by atoms with E-state index in [-0.39, 0.29) is 23.3 Å². The Labute approximate surface area is 155 Å². The Balaban J connectivity index is 1.69. The summed E-state index contributed by atoms with van der Waals surface area (Å²) in [5.74, 6) is 0.409. The van der Waals surface area contributed by atoms with Gasteiger partial charge in [-0.1, -0.05) is 29.3 Å². The van der Waals surface area contributed by atoms with E-state index in [1.165, 1.54) is 23.1 Å². The highest BCUT2D eigenvalue weighted by molar-refractivity contribution is 8.00. The molecule has 0 spiro atoms. The smallest absolute Gasteiger partial charge is 0.234 e. The van der Waals surface area contributed by atoms with Crippen LogP contribution in [0.15, 0.2) is 36.4 Å². The van der Waals surface area contributed by atoms with Crippen LogP contribution in [0.3, 0.4) is 0 Å². The number of anilines is 1. The molecule has 2 aromatic rings. The van der Waals surface area contributed by atoms with Gasteiger partial charge in [0.25, 0.3) is 0 Å². The second-order valence-electron chi connectivity index (χ2n) is 5.36. The molecule has 0 fully saturated rings. The molecule has 0 bridgehead atoms. The average molecular weight is 383 g/mol. The number of thiophene rings is 1. The fourth-order valence-corrected chi connectivity index (χ4v) is 3.83. The molecule has 0 aliphatic rings. The number of carbonyl (C=O) groups excluding carboxylic acids is 2. The molecule has 0 saturated carbocycles. The normalized spacial score (nSPS) is 10.5. The number of hydrogen-bond acceptors (Lipinski definition) is 4. The zero-order valence-electron chi connectivity index (χ0n) is 13.5. The van der Waals surface area contributed by atoms with Gasteiger partial charge in [0.15, 0.2) is 0 Å². The lowest BCUT2D eigenvalue weighted by Gasteiger charge is -2.15. The lowest BCUT2D eigenvalue weighted by molar-refractivity contribution is -0.127. The molecule has 0 unspecified atom stereocenters. The van der Waals surface area contributed by atoms with Crippen molar-refractivity contribution in [2.45, 2.75) is 13.5 Å². The Hall–Kier alpha value is -1.50. The zero-order valence-corrected chi connectivity index (χ0v) is 15.9. The van der Waals surface area contributed by atoms with Gasteiger partial charge in [-0.25, -0.2) is 0 Å². The summed E-state index contributed by atoms with van der Waals surface area (Å²) in [6.07, 6.45) is 0. The Bertz CT molecular complexity index is 701. The molecular formula is C17H19ClN2O2S2. The lowest BCUT2D eigenvalue weighted by atomic mass is 10.2. The minimum atomic E-state index is -0.107. The fraction of sp³-hybridized carbons (Fsp3) is 0.294. The number of thioether (sulfide) groups is 1. The molecule has 0 radical (unpaired) electrons. The molecule has 0 aliphatic heterocycles. The van der Waals surface area contributed by atoms with E-state index in [1.54, 1.807) is 11.9 Å². The molecule has 1 aromatic heterocycles. The number of amides is 2. The van der Waals surface area contributed by atoms with Gasteiger partial charge in [-0.3, -0.25) is 9.59 Å². The molecule has 4 nitrogen and oxygen atoms in total. The van der Waals surface area contributed by atoms with Crippen LogP contribution in [0.2, 0.25) is 4.34 Å². The number of rotatable bonds is 7. The second kappa shape index (κ2) is 9.11. The Morgan fingerprint density at radius 3 is 2.50 bits per heavy atom. The summed E-state index contributed by atoms with van der Waals surface area (Å²) in [6.45, 7) is 2.53. The van der Waals surface area contributed by atoms with Crippen molar-refractivity contribution in [2.24, 2.45) is 0 Å². The zero-order chi connectivity index (χ0) is 17.5. The summed E-state index contributed by atoms with van der Waals surface area (Å²) in [5, 5.41) is 2.82. The lowest BCUT2D eigenvalue weighted by Crippen LogP contribution is -2.28. The maximum absolute atomic E-state index is 12.1. The number of nitrogens with zero attached hydrogens (tertiary/aromatic N) is 1. The van der Waals surface area contributed by atoms with Crippen molar-refractivity contribution in [1.29, 1.82) is 0 Å². The van der Waals surface area contributed by atoms with E-state index >= 15 is 0 Å². The van der Waals surface area contributed by atoms with Gasteiger partial charge in [0.1, 0.15) is 0 Å². The predicted molar refractivity (Wildman–Crippen MR) is 103 cm³/mol. The van der Waals surface area contributed by atoms with Crippen LogP contribution in [0.25, 0.3) is 0 Å². The number of carbonyl (C=O) groups is 2. The quantitative estimate of drug-likeness (QED) is 0.786. The molecule has 1 aromatic carbocycles. The van der Waals surface area contributed by atoms with Crippen molar-refractivity contribution in [1.82, 2.24) is 4.90 Å². The molecule has 2 amide bonds. The largest absolute Gasteiger partial charge is 0.340 e. The van der Waals surface area contributed by atoms with Crippen LogP contribution in [-0.4, -0.2) is 35.3 Å². The van der Waals surface area contributed by atoms with Crippen molar-refractivity contribution in [3.8, 4) is 0 Å². The summed E-state index contributed by atoms with van der Waals surface area (Å²) in [4.78, 5) is 26.6. The van der Waals surface area contributed by atoms with Gasteiger partial charge in [-0.05, 0) is 31.2 Å². The maximum atomic E-state index is 12.1. The topological polar surface area (TPSA) is 49.4 Å². The molecule has 2 rings (SSSR count). The fourth-order valence-electron chi connectivity index (χ4n) is 1.93. The van der Waals surface area contributed by atoms with E-state index in [1.807, 2.05) is 43.3 Å². The van der Waals surface area contributed by atoms with Gasteiger partial charge in [-0.15, -0.1) is 23.1 Å².